The van der Waals surface area contributed by atoms with Crippen molar-refractivity contribution >= 4 is 0 Å². The topological polar surface area (TPSA) is 0 Å². The standard InChI is InChI=1S/C7H16.2C4H10/c1-3-5-7-6-4-2;2*1-3-4-2/h3-7H2,1-2H3;2*3-4H2,1-2H3. The van der Waals surface area contributed by atoms with Crippen molar-refractivity contribution in [1.29, 1.82) is 0 Å². The summed E-state index contributed by atoms with van der Waals surface area (Å²) in [4.78, 5) is 0. The molecule has 0 aliphatic carbocycles. The molecule has 0 aromatic carbocycles. The summed E-state index contributed by atoms with van der Waals surface area (Å²) in [6, 6.07) is 0. The third-order valence-corrected chi connectivity index (χ3v) is 2.21. The zero-order valence-corrected chi connectivity index (χ0v) is 12.4. The number of hydrogen-bond donors (Lipinski definition) is 0. The molecular weight excluding hydrogens is 180 g/mol. The third-order valence-electron chi connectivity index (χ3n) is 2.21. The van der Waals surface area contributed by atoms with E-state index >= 15 is 0 Å². The Morgan fingerprint density at radius 3 is 0.733 bits per heavy atom. The van der Waals surface area contributed by atoms with Gasteiger partial charge in [0.05, 0.1) is 0 Å². The molecule has 0 fully saturated rings. The Morgan fingerprint density at radius 1 is 0.333 bits per heavy atom. The lowest BCUT2D eigenvalue weighted by Gasteiger charge is -1.90. The highest BCUT2D eigenvalue weighted by Gasteiger charge is 1.80. The molecule has 0 aromatic rings. The van der Waals surface area contributed by atoms with Gasteiger partial charge in [-0.2, -0.15) is 0 Å². The van der Waals surface area contributed by atoms with Crippen LogP contribution in [0.5, 0.6) is 0 Å². The molecule has 0 N–H and O–H groups in total. The van der Waals surface area contributed by atoms with Gasteiger partial charge in [-0.25, -0.2) is 0 Å². The van der Waals surface area contributed by atoms with Crippen molar-refractivity contribution in [2.24, 2.45) is 0 Å². The van der Waals surface area contributed by atoms with Crippen LogP contribution < -0.4 is 0 Å². The van der Waals surface area contributed by atoms with Gasteiger partial charge in [0.15, 0.2) is 0 Å². The van der Waals surface area contributed by atoms with Gasteiger partial charge in [-0.1, -0.05) is 99.3 Å². The predicted molar refractivity (Wildman–Crippen MR) is 75.6 cm³/mol. The van der Waals surface area contributed by atoms with Crippen LogP contribution in [0.25, 0.3) is 0 Å². The van der Waals surface area contributed by atoms with Gasteiger partial charge in [0.25, 0.3) is 0 Å². The largest absolute Gasteiger partial charge is 0.0654 e. The van der Waals surface area contributed by atoms with Crippen molar-refractivity contribution in [3.8, 4) is 0 Å². The first-order valence-corrected chi connectivity index (χ1v) is 7.24. The smallest absolute Gasteiger partial charge is 0.0533 e. The SMILES string of the molecule is CCCC.CCCC.CCCCCCC. The highest BCUT2D eigenvalue weighted by Crippen LogP contribution is 2.00. The van der Waals surface area contributed by atoms with Gasteiger partial charge >= 0.3 is 0 Å². The molecule has 0 bridgehead atoms. The predicted octanol–water partition coefficient (Wildman–Crippen LogP) is 6.59. The maximum absolute atomic E-state index is 2.25. The van der Waals surface area contributed by atoms with Crippen molar-refractivity contribution in [2.45, 2.75) is 99.3 Å². The molecule has 0 nitrogen and oxygen atoms in total. The van der Waals surface area contributed by atoms with E-state index in [1.807, 2.05) is 0 Å². The molecule has 0 saturated heterocycles. The van der Waals surface area contributed by atoms with E-state index in [4.69, 9.17) is 0 Å². The van der Waals surface area contributed by atoms with Crippen molar-refractivity contribution in [1.82, 2.24) is 0 Å². The molecule has 0 spiro atoms. The molecular formula is C15H36. The Labute approximate surface area is 99.9 Å². The average molecular weight is 216 g/mol. The van der Waals surface area contributed by atoms with Gasteiger partial charge in [-0.05, 0) is 0 Å². The van der Waals surface area contributed by atoms with E-state index in [0.29, 0.717) is 0 Å². The number of hydrogen-bond acceptors (Lipinski definition) is 0. The zero-order chi connectivity index (χ0) is 12.4. The monoisotopic (exact) mass is 216 g/mol. The van der Waals surface area contributed by atoms with Gasteiger partial charge in [0.1, 0.15) is 0 Å². The van der Waals surface area contributed by atoms with Gasteiger partial charge in [-0.15, -0.1) is 0 Å². The summed E-state index contributed by atoms with van der Waals surface area (Å²) < 4.78 is 0. The minimum atomic E-state index is 1.32. The minimum absolute atomic E-state index is 1.32. The number of unbranched alkanes of at least 4 members (excludes halogenated alkanes) is 6. The molecule has 0 unspecified atom stereocenters. The Bertz CT molecular complexity index is 45.1. The van der Waals surface area contributed by atoms with Crippen LogP contribution in [0.2, 0.25) is 0 Å². The van der Waals surface area contributed by atoms with Crippen molar-refractivity contribution in [2.75, 3.05) is 0 Å². The molecule has 0 heterocycles. The van der Waals surface area contributed by atoms with Crippen LogP contribution in [0, 0.1) is 0 Å². The summed E-state index contributed by atoms with van der Waals surface area (Å²) in [5.74, 6) is 0. The molecule has 0 aliphatic heterocycles. The summed E-state index contributed by atoms with van der Waals surface area (Å²) in [5.41, 5.74) is 0. The highest BCUT2D eigenvalue weighted by atomic mass is 13.9. The van der Waals surface area contributed by atoms with Gasteiger partial charge in [0.2, 0.25) is 0 Å². The Hall–Kier alpha value is 0. The second-order valence-corrected chi connectivity index (χ2v) is 4.06. The van der Waals surface area contributed by atoms with E-state index in [1.165, 1.54) is 57.8 Å². The van der Waals surface area contributed by atoms with Gasteiger partial charge < -0.3 is 0 Å². The molecule has 0 aliphatic rings. The van der Waals surface area contributed by atoms with E-state index in [2.05, 4.69) is 41.5 Å². The lowest BCUT2D eigenvalue weighted by Crippen LogP contribution is -1.70. The van der Waals surface area contributed by atoms with E-state index in [1.54, 1.807) is 0 Å². The fraction of sp³-hybridized carbons (Fsp3) is 1.00. The summed E-state index contributed by atoms with van der Waals surface area (Å²) in [6.45, 7) is 13.2. The first-order chi connectivity index (χ1) is 7.24. The van der Waals surface area contributed by atoms with Crippen LogP contribution in [0.15, 0.2) is 0 Å². The van der Waals surface area contributed by atoms with Crippen molar-refractivity contribution in [3.63, 3.8) is 0 Å². The summed E-state index contributed by atoms with van der Waals surface area (Å²) >= 11 is 0. The molecule has 15 heavy (non-hydrogen) atoms. The van der Waals surface area contributed by atoms with E-state index in [9.17, 15) is 0 Å². The van der Waals surface area contributed by atoms with Gasteiger partial charge in [0, 0.05) is 0 Å². The minimum Gasteiger partial charge on any atom is -0.0654 e. The second kappa shape index (κ2) is 29.2. The maximum Gasteiger partial charge on any atom is -0.0533 e. The maximum atomic E-state index is 2.25. The van der Waals surface area contributed by atoms with Crippen molar-refractivity contribution in [3.05, 3.63) is 0 Å². The average Bonchev–Trinajstić information content (AvgIpc) is 2.30. The molecule has 0 rings (SSSR count). The molecule has 0 atom stereocenters. The van der Waals surface area contributed by atoms with Crippen molar-refractivity contribution < 1.29 is 0 Å². The normalized spacial score (nSPS) is 8.40. The Balaban J connectivity index is -0.000000155. The van der Waals surface area contributed by atoms with E-state index in [-0.39, 0.29) is 0 Å². The fourth-order valence-corrected chi connectivity index (χ4v) is 0.677. The van der Waals surface area contributed by atoms with Crippen LogP contribution in [-0.2, 0) is 0 Å². The molecule has 0 heteroatoms. The highest BCUT2D eigenvalue weighted by molar-refractivity contribution is 4.35. The first-order valence-electron chi connectivity index (χ1n) is 7.24. The fourth-order valence-electron chi connectivity index (χ4n) is 0.677. The van der Waals surface area contributed by atoms with Crippen LogP contribution >= 0.6 is 0 Å². The quantitative estimate of drug-likeness (QED) is 0.439. The van der Waals surface area contributed by atoms with Crippen LogP contribution in [0.4, 0.5) is 0 Å². The van der Waals surface area contributed by atoms with Crippen LogP contribution in [0.3, 0.4) is 0 Å². The van der Waals surface area contributed by atoms with Crippen LogP contribution in [0.1, 0.15) is 99.3 Å². The molecule has 0 amide bonds. The molecule has 0 aromatic heterocycles. The third kappa shape index (κ3) is 56.0. The second-order valence-electron chi connectivity index (χ2n) is 4.06. The Morgan fingerprint density at radius 2 is 0.600 bits per heavy atom. The van der Waals surface area contributed by atoms with Crippen LogP contribution in [-0.4, -0.2) is 0 Å². The first kappa shape index (κ1) is 20.4. The summed E-state index contributed by atoms with van der Waals surface area (Å²) in [5, 5.41) is 0. The number of rotatable bonds is 6. The Kier molecular flexibility index (Phi) is 39.8. The molecule has 96 valence electrons. The summed E-state index contributed by atoms with van der Waals surface area (Å²) in [6.07, 6.45) is 12.3. The lowest BCUT2D eigenvalue weighted by molar-refractivity contribution is 0.656. The molecule has 0 saturated carbocycles. The molecule has 0 radical (unpaired) electrons. The summed E-state index contributed by atoms with van der Waals surface area (Å²) in [7, 11) is 0. The van der Waals surface area contributed by atoms with Gasteiger partial charge in [-0.3, -0.25) is 0 Å². The zero-order valence-electron chi connectivity index (χ0n) is 12.4. The van der Waals surface area contributed by atoms with E-state index < -0.39 is 0 Å². The van der Waals surface area contributed by atoms with E-state index in [0.717, 1.165) is 0 Å². The lowest BCUT2D eigenvalue weighted by atomic mass is 10.2.